The van der Waals surface area contributed by atoms with Crippen LogP contribution in [0.1, 0.15) is 64.3 Å². The summed E-state index contributed by atoms with van der Waals surface area (Å²) in [6.45, 7) is 10.9. The lowest BCUT2D eigenvalue weighted by molar-refractivity contribution is 0.0954. The number of hydrogen-bond donors (Lipinski definition) is 1. The molecule has 1 N–H and O–H groups in total. The Morgan fingerprint density at radius 1 is 1.14 bits per heavy atom. The van der Waals surface area contributed by atoms with E-state index in [9.17, 15) is 0 Å². The van der Waals surface area contributed by atoms with Gasteiger partial charge in [0.25, 0.3) is 0 Å². The molecule has 1 aliphatic carbocycles. The van der Waals surface area contributed by atoms with E-state index < -0.39 is 0 Å². The van der Waals surface area contributed by atoms with E-state index in [2.05, 4.69) is 43.0 Å². The zero-order valence-electron chi connectivity index (χ0n) is 14.2. The molecule has 4 nitrogen and oxygen atoms in total. The van der Waals surface area contributed by atoms with Crippen molar-refractivity contribution in [1.82, 2.24) is 9.97 Å². The standard InChI is InChI=1S/C17H29N3O/c1-10(2)15-19-16(18-6)13(5)17(20-15)21-14-8-7-11(3)12(4)9-14/h10-12,14H,7-9H2,1-6H3,(H,18,19,20). The molecule has 3 unspecified atom stereocenters. The maximum absolute atomic E-state index is 6.25. The Bertz CT molecular complexity index is 487. The van der Waals surface area contributed by atoms with Crippen molar-refractivity contribution in [3.63, 3.8) is 0 Å². The molecule has 0 bridgehead atoms. The molecular formula is C17H29N3O. The van der Waals surface area contributed by atoms with Gasteiger partial charge >= 0.3 is 0 Å². The van der Waals surface area contributed by atoms with Gasteiger partial charge in [-0.05, 0) is 38.0 Å². The number of aromatic nitrogens is 2. The van der Waals surface area contributed by atoms with Gasteiger partial charge in [0, 0.05) is 13.0 Å². The summed E-state index contributed by atoms with van der Waals surface area (Å²) in [7, 11) is 1.90. The van der Waals surface area contributed by atoms with Crippen LogP contribution >= 0.6 is 0 Å². The molecule has 2 rings (SSSR count). The molecule has 1 heterocycles. The summed E-state index contributed by atoms with van der Waals surface area (Å²) in [5.74, 6) is 4.29. The minimum absolute atomic E-state index is 0.287. The second-order valence-electron chi connectivity index (χ2n) is 6.77. The van der Waals surface area contributed by atoms with E-state index in [1.165, 1.54) is 6.42 Å². The largest absolute Gasteiger partial charge is 0.474 e. The highest BCUT2D eigenvalue weighted by atomic mass is 16.5. The molecule has 0 aliphatic heterocycles. The molecule has 0 spiro atoms. The van der Waals surface area contributed by atoms with Crippen LogP contribution in [0.4, 0.5) is 5.82 Å². The van der Waals surface area contributed by atoms with Gasteiger partial charge in [-0.15, -0.1) is 0 Å². The molecule has 1 saturated carbocycles. The Morgan fingerprint density at radius 3 is 2.43 bits per heavy atom. The van der Waals surface area contributed by atoms with E-state index in [0.717, 1.165) is 47.8 Å². The molecule has 3 atom stereocenters. The molecule has 0 radical (unpaired) electrons. The van der Waals surface area contributed by atoms with E-state index in [0.29, 0.717) is 5.92 Å². The average Bonchev–Trinajstić information content (AvgIpc) is 2.44. The SMILES string of the molecule is CNc1nc(C(C)C)nc(OC2CCC(C)C(C)C2)c1C. The summed E-state index contributed by atoms with van der Waals surface area (Å²) in [5.41, 5.74) is 1.01. The van der Waals surface area contributed by atoms with Crippen LogP contribution in [0.3, 0.4) is 0 Å². The van der Waals surface area contributed by atoms with Crippen molar-refractivity contribution in [2.24, 2.45) is 11.8 Å². The molecule has 1 fully saturated rings. The summed E-state index contributed by atoms with van der Waals surface area (Å²) >= 11 is 0. The van der Waals surface area contributed by atoms with Crippen LogP contribution in [-0.4, -0.2) is 23.1 Å². The number of anilines is 1. The third-order valence-corrected chi connectivity index (χ3v) is 4.70. The van der Waals surface area contributed by atoms with Gasteiger partial charge in [-0.1, -0.05) is 27.7 Å². The first kappa shape index (κ1) is 16.1. The summed E-state index contributed by atoms with van der Waals surface area (Å²) < 4.78 is 6.25. The van der Waals surface area contributed by atoms with Gasteiger partial charge in [0.2, 0.25) is 5.88 Å². The van der Waals surface area contributed by atoms with E-state index in [1.54, 1.807) is 0 Å². The normalized spacial score (nSPS) is 26.0. The maximum atomic E-state index is 6.25. The number of hydrogen-bond acceptors (Lipinski definition) is 4. The van der Waals surface area contributed by atoms with Crippen molar-refractivity contribution in [2.45, 2.75) is 65.9 Å². The number of rotatable bonds is 4. The van der Waals surface area contributed by atoms with Crippen LogP contribution in [0.15, 0.2) is 0 Å². The molecule has 1 aliphatic rings. The molecule has 1 aromatic heterocycles. The van der Waals surface area contributed by atoms with Gasteiger partial charge in [-0.25, -0.2) is 4.98 Å². The van der Waals surface area contributed by atoms with E-state index >= 15 is 0 Å². The van der Waals surface area contributed by atoms with Gasteiger partial charge in [0.05, 0.1) is 5.56 Å². The molecule has 1 aromatic rings. The first-order chi connectivity index (χ1) is 9.92. The van der Waals surface area contributed by atoms with Gasteiger partial charge in [-0.2, -0.15) is 4.98 Å². The Kier molecular flexibility index (Phi) is 5.07. The fourth-order valence-corrected chi connectivity index (χ4v) is 2.89. The van der Waals surface area contributed by atoms with Crippen LogP contribution in [0, 0.1) is 18.8 Å². The van der Waals surface area contributed by atoms with Crippen LogP contribution in [0.5, 0.6) is 5.88 Å². The second-order valence-corrected chi connectivity index (χ2v) is 6.77. The molecule has 0 aromatic carbocycles. The lowest BCUT2D eigenvalue weighted by Crippen LogP contribution is -2.29. The van der Waals surface area contributed by atoms with Gasteiger partial charge in [-0.3, -0.25) is 0 Å². The smallest absolute Gasteiger partial charge is 0.222 e. The lowest BCUT2D eigenvalue weighted by Gasteiger charge is -2.32. The van der Waals surface area contributed by atoms with Crippen LogP contribution < -0.4 is 10.1 Å². The minimum atomic E-state index is 0.287. The predicted molar refractivity (Wildman–Crippen MR) is 87.0 cm³/mol. The molecule has 118 valence electrons. The first-order valence-corrected chi connectivity index (χ1v) is 8.15. The molecule has 21 heavy (non-hydrogen) atoms. The topological polar surface area (TPSA) is 47.0 Å². The number of nitrogens with one attached hydrogen (secondary N) is 1. The zero-order chi connectivity index (χ0) is 15.6. The van der Waals surface area contributed by atoms with Gasteiger partial charge in [0.15, 0.2) is 0 Å². The highest BCUT2D eigenvalue weighted by molar-refractivity contribution is 5.48. The summed E-state index contributed by atoms with van der Waals surface area (Å²) in [4.78, 5) is 9.21. The quantitative estimate of drug-likeness (QED) is 0.905. The first-order valence-electron chi connectivity index (χ1n) is 8.15. The average molecular weight is 291 g/mol. The Morgan fingerprint density at radius 2 is 1.86 bits per heavy atom. The third-order valence-electron chi connectivity index (χ3n) is 4.70. The third kappa shape index (κ3) is 3.66. The van der Waals surface area contributed by atoms with Crippen LogP contribution in [0.25, 0.3) is 0 Å². The summed E-state index contributed by atoms with van der Waals surface area (Å²) in [5, 5.41) is 3.15. The molecule has 0 amide bonds. The van der Waals surface area contributed by atoms with Crippen molar-refractivity contribution >= 4 is 5.82 Å². The van der Waals surface area contributed by atoms with Crippen molar-refractivity contribution in [2.75, 3.05) is 12.4 Å². The van der Waals surface area contributed by atoms with Crippen LogP contribution in [0.2, 0.25) is 0 Å². The minimum Gasteiger partial charge on any atom is -0.474 e. The second kappa shape index (κ2) is 6.63. The van der Waals surface area contributed by atoms with Crippen molar-refractivity contribution in [3.8, 4) is 5.88 Å². The van der Waals surface area contributed by atoms with Gasteiger partial charge in [0.1, 0.15) is 17.7 Å². The Labute approximate surface area is 128 Å². The highest BCUT2D eigenvalue weighted by Gasteiger charge is 2.27. The highest BCUT2D eigenvalue weighted by Crippen LogP contribution is 2.33. The zero-order valence-corrected chi connectivity index (χ0v) is 14.2. The number of nitrogens with zero attached hydrogens (tertiary/aromatic N) is 2. The predicted octanol–water partition coefficient (Wildman–Crippen LogP) is 4.15. The van der Waals surface area contributed by atoms with Gasteiger partial charge < -0.3 is 10.1 Å². The fraction of sp³-hybridized carbons (Fsp3) is 0.765. The summed E-state index contributed by atoms with van der Waals surface area (Å²) in [6.07, 6.45) is 3.78. The fourth-order valence-electron chi connectivity index (χ4n) is 2.89. The van der Waals surface area contributed by atoms with Crippen molar-refractivity contribution in [1.29, 1.82) is 0 Å². The monoisotopic (exact) mass is 291 g/mol. The van der Waals surface area contributed by atoms with E-state index in [1.807, 2.05) is 14.0 Å². The molecule has 0 saturated heterocycles. The van der Waals surface area contributed by atoms with Crippen molar-refractivity contribution < 1.29 is 4.74 Å². The van der Waals surface area contributed by atoms with Crippen molar-refractivity contribution in [3.05, 3.63) is 11.4 Å². The molecular weight excluding hydrogens is 262 g/mol. The number of ether oxygens (including phenoxy) is 1. The van der Waals surface area contributed by atoms with E-state index in [-0.39, 0.29) is 6.10 Å². The lowest BCUT2D eigenvalue weighted by atomic mass is 9.80. The Balaban J connectivity index is 2.20. The Hall–Kier alpha value is -1.32. The molecule has 4 heteroatoms. The maximum Gasteiger partial charge on any atom is 0.222 e. The summed E-state index contributed by atoms with van der Waals surface area (Å²) in [6, 6.07) is 0. The van der Waals surface area contributed by atoms with Crippen LogP contribution in [-0.2, 0) is 0 Å². The van der Waals surface area contributed by atoms with E-state index in [4.69, 9.17) is 4.74 Å².